The summed E-state index contributed by atoms with van der Waals surface area (Å²) in [7, 11) is 0. The van der Waals surface area contributed by atoms with E-state index in [4.69, 9.17) is 0 Å². The van der Waals surface area contributed by atoms with Gasteiger partial charge in [0.2, 0.25) is 10.9 Å². The van der Waals surface area contributed by atoms with Crippen LogP contribution in [0.15, 0.2) is 59.8 Å². The number of thioether (sulfide) groups is 1. The summed E-state index contributed by atoms with van der Waals surface area (Å²) in [6.07, 6.45) is 0. The Morgan fingerprint density at radius 3 is 2.73 bits per heavy atom. The molecule has 30 heavy (non-hydrogen) atoms. The van der Waals surface area contributed by atoms with Crippen molar-refractivity contribution in [2.75, 3.05) is 11.1 Å². The molecule has 2 aromatic carbocycles. The second-order valence-electron chi connectivity index (χ2n) is 6.93. The van der Waals surface area contributed by atoms with Gasteiger partial charge in [-0.1, -0.05) is 52.9 Å². The SMILES string of the molecule is Cc1ccc(-n2nc(C)cc2NC(=O)CSc2nnc3sc4ccccc4n23)cc1. The number of rotatable bonds is 5. The number of hydrogen-bond donors (Lipinski definition) is 1. The molecule has 9 heteroatoms. The van der Waals surface area contributed by atoms with Crippen LogP contribution in [0.3, 0.4) is 0 Å². The zero-order chi connectivity index (χ0) is 20.7. The maximum Gasteiger partial charge on any atom is 0.236 e. The molecule has 0 atom stereocenters. The lowest BCUT2D eigenvalue weighted by Gasteiger charge is -2.09. The van der Waals surface area contributed by atoms with Crippen molar-refractivity contribution < 1.29 is 4.79 Å². The Bertz CT molecular complexity index is 1370. The van der Waals surface area contributed by atoms with E-state index in [9.17, 15) is 4.79 Å². The lowest BCUT2D eigenvalue weighted by molar-refractivity contribution is -0.113. The minimum absolute atomic E-state index is 0.121. The van der Waals surface area contributed by atoms with Gasteiger partial charge in [-0.3, -0.25) is 9.20 Å². The molecular weight excluding hydrogens is 416 g/mol. The maximum absolute atomic E-state index is 12.7. The maximum atomic E-state index is 12.7. The van der Waals surface area contributed by atoms with Crippen LogP contribution >= 0.6 is 23.1 Å². The number of amides is 1. The van der Waals surface area contributed by atoms with Crippen LogP contribution in [0.5, 0.6) is 0 Å². The molecule has 0 bridgehead atoms. The largest absolute Gasteiger partial charge is 0.310 e. The number of benzene rings is 2. The van der Waals surface area contributed by atoms with E-state index in [0.29, 0.717) is 11.0 Å². The molecule has 3 aromatic heterocycles. The summed E-state index contributed by atoms with van der Waals surface area (Å²) < 4.78 is 4.89. The normalized spacial score (nSPS) is 11.4. The van der Waals surface area contributed by atoms with E-state index in [1.165, 1.54) is 17.3 Å². The first kappa shape index (κ1) is 18.8. The number of aryl methyl sites for hydroxylation is 2. The molecule has 7 nitrogen and oxygen atoms in total. The number of carbonyl (C=O) groups is 1. The van der Waals surface area contributed by atoms with E-state index in [0.717, 1.165) is 26.6 Å². The van der Waals surface area contributed by atoms with Gasteiger partial charge in [0.25, 0.3) is 0 Å². The number of carbonyl (C=O) groups excluding carboxylic acids is 1. The molecule has 3 heterocycles. The van der Waals surface area contributed by atoms with Crippen LogP contribution in [0.1, 0.15) is 11.3 Å². The second-order valence-corrected chi connectivity index (χ2v) is 8.88. The number of aromatic nitrogens is 5. The van der Waals surface area contributed by atoms with Crippen molar-refractivity contribution in [3.63, 3.8) is 0 Å². The zero-order valence-electron chi connectivity index (χ0n) is 16.4. The Labute approximate surface area is 180 Å². The van der Waals surface area contributed by atoms with Crippen molar-refractivity contribution in [3.8, 4) is 5.69 Å². The molecule has 5 rings (SSSR count). The Hall–Kier alpha value is -3.17. The van der Waals surface area contributed by atoms with Crippen molar-refractivity contribution in [1.82, 2.24) is 24.4 Å². The molecule has 0 radical (unpaired) electrons. The minimum atomic E-state index is -0.121. The molecule has 1 N–H and O–H groups in total. The molecule has 150 valence electrons. The first-order chi connectivity index (χ1) is 14.6. The van der Waals surface area contributed by atoms with Crippen molar-refractivity contribution >= 4 is 50.0 Å². The van der Waals surface area contributed by atoms with Crippen LogP contribution in [-0.2, 0) is 4.79 Å². The summed E-state index contributed by atoms with van der Waals surface area (Å²) in [5.74, 6) is 0.752. The van der Waals surface area contributed by atoms with Gasteiger partial charge in [0.05, 0.1) is 27.4 Å². The Balaban J connectivity index is 1.34. The molecule has 0 spiro atoms. The Morgan fingerprint density at radius 1 is 1.10 bits per heavy atom. The van der Waals surface area contributed by atoms with E-state index in [1.807, 2.05) is 66.8 Å². The molecule has 5 aromatic rings. The van der Waals surface area contributed by atoms with Gasteiger partial charge in [-0.2, -0.15) is 5.10 Å². The topological polar surface area (TPSA) is 77.1 Å². The summed E-state index contributed by atoms with van der Waals surface area (Å²) in [5, 5.41) is 16.7. The van der Waals surface area contributed by atoms with Gasteiger partial charge in [-0.05, 0) is 38.1 Å². The van der Waals surface area contributed by atoms with E-state index < -0.39 is 0 Å². The lowest BCUT2D eigenvalue weighted by Crippen LogP contribution is -2.17. The first-order valence-corrected chi connectivity index (χ1v) is 11.2. The molecule has 0 aliphatic rings. The van der Waals surface area contributed by atoms with Gasteiger partial charge in [-0.15, -0.1) is 10.2 Å². The standard InChI is InChI=1S/C21H18N6OS2/c1-13-7-9-15(10-8-13)27-18(11-14(2)25-27)22-19(28)12-29-20-23-24-21-26(20)16-5-3-4-6-17(16)30-21/h3-11H,12H2,1-2H3,(H,22,28). The fourth-order valence-corrected chi connectivity index (χ4v) is 5.00. The number of nitrogens with one attached hydrogen (secondary N) is 1. The minimum Gasteiger partial charge on any atom is -0.310 e. The smallest absolute Gasteiger partial charge is 0.236 e. The highest BCUT2D eigenvalue weighted by Crippen LogP contribution is 2.29. The third-order valence-corrected chi connectivity index (χ3v) is 6.56. The van der Waals surface area contributed by atoms with Crippen molar-refractivity contribution in [2.24, 2.45) is 0 Å². The fourth-order valence-electron chi connectivity index (χ4n) is 3.23. The highest BCUT2D eigenvalue weighted by atomic mass is 32.2. The molecule has 1 amide bonds. The number of nitrogens with zero attached hydrogens (tertiary/aromatic N) is 5. The molecular formula is C21H18N6OS2. The monoisotopic (exact) mass is 434 g/mol. The van der Waals surface area contributed by atoms with Crippen molar-refractivity contribution in [1.29, 1.82) is 0 Å². The predicted molar refractivity (Wildman–Crippen MR) is 121 cm³/mol. The highest BCUT2D eigenvalue weighted by molar-refractivity contribution is 7.99. The zero-order valence-corrected chi connectivity index (χ0v) is 18.0. The van der Waals surface area contributed by atoms with Crippen LogP contribution in [0.4, 0.5) is 5.82 Å². The third kappa shape index (κ3) is 3.46. The van der Waals surface area contributed by atoms with Gasteiger partial charge >= 0.3 is 0 Å². The van der Waals surface area contributed by atoms with Gasteiger partial charge in [-0.25, -0.2) is 4.68 Å². The quantitative estimate of drug-likeness (QED) is 0.413. The van der Waals surface area contributed by atoms with E-state index in [2.05, 4.69) is 26.7 Å². The van der Waals surface area contributed by atoms with Crippen LogP contribution in [-0.4, -0.2) is 36.0 Å². The number of para-hydroxylation sites is 1. The highest BCUT2D eigenvalue weighted by Gasteiger charge is 2.15. The third-order valence-electron chi connectivity index (χ3n) is 4.62. The molecule has 0 unspecified atom stereocenters. The summed E-state index contributed by atoms with van der Waals surface area (Å²) >= 11 is 2.95. The van der Waals surface area contributed by atoms with Crippen LogP contribution in [0, 0.1) is 13.8 Å². The van der Waals surface area contributed by atoms with Gasteiger partial charge in [0.1, 0.15) is 5.82 Å². The van der Waals surface area contributed by atoms with Gasteiger partial charge < -0.3 is 5.32 Å². The lowest BCUT2D eigenvalue weighted by atomic mass is 10.2. The number of fused-ring (bicyclic) bond motifs is 3. The Morgan fingerprint density at radius 2 is 1.90 bits per heavy atom. The average molecular weight is 435 g/mol. The first-order valence-electron chi connectivity index (χ1n) is 9.37. The fraction of sp³-hybridized carbons (Fsp3) is 0.143. The summed E-state index contributed by atoms with van der Waals surface area (Å²) in [5.41, 5.74) is 3.96. The number of hydrogen-bond acceptors (Lipinski definition) is 6. The summed E-state index contributed by atoms with van der Waals surface area (Å²) in [6.45, 7) is 3.94. The van der Waals surface area contributed by atoms with Gasteiger partial charge in [0.15, 0.2) is 5.16 Å². The van der Waals surface area contributed by atoms with Crippen LogP contribution < -0.4 is 5.32 Å². The van der Waals surface area contributed by atoms with E-state index >= 15 is 0 Å². The average Bonchev–Trinajstić information content (AvgIpc) is 3.40. The molecule has 0 saturated carbocycles. The Kier molecular flexibility index (Phi) is 4.76. The number of thiazole rings is 1. The number of anilines is 1. The van der Waals surface area contributed by atoms with Gasteiger partial charge in [0, 0.05) is 6.07 Å². The van der Waals surface area contributed by atoms with Crippen LogP contribution in [0.2, 0.25) is 0 Å². The molecule has 0 saturated heterocycles. The van der Waals surface area contributed by atoms with Crippen molar-refractivity contribution in [3.05, 3.63) is 65.9 Å². The summed E-state index contributed by atoms with van der Waals surface area (Å²) in [4.78, 5) is 13.5. The summed E-state index contributed by atoms with van der Waals surface area (Å²) in [6, 6.07) is 18.0. The molecule has 0 fully saturated rings. The van der Waals surface area contributed by atoms with E-state index in [-0.39, 0.29) is 11.7 Å². The van der Waals surface area contributed by atoms with Crippen LogP contribution in [0.25, 0.3) is 20.9 Å². The van der Waals surface area contributed by atoms with Crippen molar-refractivity contribution in [2.45, 2.75) is 19.0 Å². The molecule has 0 aliphatic carbocycles. The second kappa shape index (κ2) is 7.58. The van der Waals surface area contributed by atoms with E-state index in [1.54, 1.807) is 16.0 Å². The molecule has 0 aliphatic heterocycles. The predicted octanol–water partition coefficient (Wildman–Crippen LogP) is 4.48.